The van der Waals surface area contributed by atoms with Gasteiger partial charge in [-0.25, -0.2) is 0 Å². The first-order valence-electron chi connectivity index (χ1n) is 6.22. The molecule has 1 N–H and O–H groups in total. The fourth-order valence-corrected chi connectivity index (χ4v) is 1.86. The van der Waals surface area contributed by atoms with Crippen LogP contribution in [0, 0.1) is 12.8 Å². The van der Waals surface area contributed by atoms with Gasteiger partial charge in [0.25, 0.3) is 0 Å². The highest BCUT2D eigenvalue weighted by molar-refractivity contribution is 5.24. The van der Waals surface area contributed by atoms with Crippen LogP contribution >= 0.6 is 0 Å². The van der Waals surface area contributed by atoms with Gasteiger partial charge in [0.2, 0.25) is 0 Å². The molecular formula is C14H24N2. The van der Waals surface area contributed by atoms with Crippen molar-refractivity contribution in [3.63, 3.8) is 0 Å². The largest absolute Gasteiger partial charge is 0.316 e. The van der Waals surface area contributed by atoms with Crippen LogP contribution in [-0.4, -0.2) is 18.1 Å². The van der Waals surface area contributed by atoms with Crippen LogP contribution in [0.3, 0.4) is 0 Å². The molecule has 0 aliphatic heterocycles. The second-order valence-electron chi connectivity index (χ2n) is 5.02. The Bertz CT molecular complexity index is 307. The predicted octanol–water partition coefficient (Wildman–Crippen LogP) is 3.13. The third kappa shape index (κ3) is 4.31. The van der Waals surface area contributed by atoms with E-state index in [-0.39, 0.29) is 0 Å². The SMILES string of the molecule is Cc1ccncc1C(C)CCNCC(C)C. The highest BCUT2D eigenvalue weighted by Gasteiger charge is 2.07. The number of hydrogen-bond donors (Lipinski definition) is 1. The van der Waals surface area contributed by atoms with Crippen LogP contribution in [0.2, 0.25) is 0 Å². The third-order valence-electron chi connectivity index (χ3n) is 2.92. The van der Waals surface area contributed by atoms with Crippen molar-refractivity contribution in [1.29, 1.82) is 0 Å². The molecule has 0 radical (unpaired) electrons. The molecule has 0 saturated heterocycles. The molecule has 0 aliphatic rings. The number of nitrogens with zero attached hydrogens (tertiary/aromatic N) is 1. The zero-order valence-corrected chi connectivity index (χ0v) is 11.0. The van der Waals surface area contributed by atoms with Gasteiger partial charge in [-0.3, -0.25) is 4.98 Å². The zero-order valence-electron chi connectivity index (χ0n) is 11.0. The van der Waals surface area contributed by atoms with Gasteiger partial charge in [-0.15, -0.1) is 0 Å². The van der Waals surface area contributed by atoms with E-state index in [2.05, 4.69) is 44.1 Å². The molecule has 2 heteroatoms. The van der Waals surface area contributed by atoms with E-state index in [1.54, 1.807) is 0 Å². The maximum atomic E-state index is 4.20. The van der Waals surface area contributed by atoms with Crippen LogP contribution in [0.25, 0.3) is 0 Å². The van der Waals surface area contributed by atoms with Gasteiger partial charge in [0.1, 0.15) is 0 Å². The molecule has 0 spiro atoms. The van der Waals surface area contributed by atoms with Crippen LogP contribution in [0.5, 0.6) is 0 Å². The van der Waals surface area contributed by atoms with Crippen molar-refractivity contribution in [3.8, 4) is 0 Å². The normalized spacial score (nSPS) is 13.1. The van der Waals surface area contributed by atoms with Crippen LogP contribution in [-0.2, 0) is 0 Å². The van der Waals surface area contributed by atoms with Crippen molar-refractivity contribution in [2.24, 2.45) is 5.92 Å². The van der Waals surface area contributed by atoms with E-state index in [4.69, 9.17) is 0 Å². The first kappa shape index (κ1) is 13.2. The molecule has 1 aromatic rings. The van der Waals surface area contributed by atoms with Gasteiger partial charge in [0.15, 0.2) is 0 Å². The second-order valence-corrected chi connectivity index (χ2v) is 5.02. The summed E-state index contributed by atoms with van der Waals surface area (Å²) in [6.45, 7) is 11.1. The third-order valence-corrected chi connectivity index (χ3v) is 2.92. The van der Waals surface area contributed by atoms with Crippen molar-refractivity contribution in [3.05, 3.63) is 29.6 Å². The van der Waals surface area contributed by atoms with Crippen LogP contribution in [0.4, 0.5) is 0 Å². The second kappa shape index (κ2) is 6.64. The van der Waals surface area contributed by atoms with Crippen LogP contribution in [0.15, 0.2) is 18.5 Å². The monoisotopic (exact) mass is 220 g/mol. The number of rotatable bonds is 6. The number of nitrogens with one attached hydrogen (secondary N) is 1. The van der Waals surface area contributed by atoms with E-state index in [0.717, 1.165) is 19.0 Å². The van der Waals surface area contributed by atoms with Crippen molar-refractivity contribution in [1.82, 2.24) is 10.3 Å². The molecular weight excluding hydrogens is 196 g/mol. The average molecular weight is 220 g/mol. The summed E-state index contributed by atoms with van der Waals surface area (Å²) >= 11 is 0. The molecule has 0 bridgehead atoms. The van der Waals surface area contributed by atoms with Gasteiger partial charge in [-0.05, 0) is 55.5 Å². The molecule has 0 aromatic carbocycles. The van der Waals surface area contributed by atoms with E-state index >= 15 is 0 Å². The molecule has 1 unspecified atom stereocenters. The lowest BCUT2D eigenvalue weighted by Crippen LogP contribution is -2.21. The first-order chi connectivity index (χ1) is 7.61. The standard InChI is InChI=1S/C14H24N2/c1-11(2)9-15-7-5-12(3)14-10-16-8-6-13(14)4/h6,8,10-12,15H,5,7,9H2,1-4H3. The van der Waals surface area contributed by atoms with Crippen molar-refractivity contribution >= 4 is 0 Å². The van der Waals surface area contributed by atoms with Gasteiger partial charge in [-0.1, -0.05) is 20.8 Å². The fourth-order valence-electron chi connectivity index (χ4n) is 1.86. The summed E-state index contributed by atoms with van der Waals surface area (Å²) in [6.07, 6.45) is 5.05. The summed E-state index contributed by atoms with van der Waals surface area (Å²) in [4.78, 5) is 4.20. The molecule has 0 fully saturated rings. The van der Waals surface area contributed by atoms with Gasteiger partial charge < -0.3 is 5.32 Å². The van der Waals surface area contributed by atoms with Crippen molar-refractivity contribution in [2.45, 2.75) is 40.0 Å². The number of aryl methyl sites for hydroxylation is 1. The molecule has 2 nitrogen and oxygen atoms in total. The Morgan fingerprint density at radius 3 is 2.69 bits per heavy atom. The molecule has 1 heterocycles. The summed E-state index contributed by atoms with van der Waals surface area (Å²) in [6, 6.07) is 2.09. The summed E-state index contributed by atoms with van der Waals surface area (Å²) in [7, 11) is 0. The minimum Gasteiger partial charge on any atom is -0.316 e. The topological polar surface area (TPSA) is 24.9 Å². The Balaban J connectivity index is 2.35. The zero-order chi connectivity index (χ0) is 12.0. The average Bonchev–Trinajstić information content (AvgIpc) is 2.24. The lowest BCUT2D eigenvalue weighted by Gasteiger charge is -2.15. The Morgan fingerprint density at radius 1 is 1.31 bits per heavy atom. The number of aromatic nitrogens is 1. The van der Waals surface area contributed by atoms with E-state index < -0.39 is 0 Å². The summed E-state index contributed by atoms with van der Waals surface area (Å²) in [5.41, 5.74) is 2.74. The number of pyridine rings is 1. The molecule has 90 valence electrons. The first-order valence-corrected chi connectivity index (χ1v) is 6.22. The summed E-state index contributed by atoms with van der Waals surface area (Å²) in [5, 5.41) is 3.48. The number of hydrogen-bond acceptors (Lipinski definition) is 2. The van der Waals surface area contributed by atoms with Gasteiger partial charge in [-0.2, -0.15) is 0 Å². The highest BCUT2D eigenvalue weighted by Crippen LogP contribution is 2.20. The molecule has 0 amide bonds. The Morgan fingerprint density at radius 2 is 2.06 bits per heavy atom. The molecule has 1 atom stereocenters. The molecule has 1 aromatic heterocycles. The van der Waals surface area contributed by atoms with E-state index in [1.807, 2.05) is 12.4 Å². The Kier molecular flexibility index (Phi) is 5.47. The van der Waals surface area contributed by atoms with E-state index in [9.17, 15) is 0 Å². The molecule has 1 rings (SSSR count). The Hall–Kier alpha value is -0.890. The predicted molar refractivity (Wildman–Crippen MR) is 69.7 cm³/mol. The maximum Gasteiger partial charge on any atom is 0.0305 e. The fraction of sp³-hybridized carbons (Fsp3) is 0.643. The smallest absolute Gasteiger partial charge is 0.0305 e. The lowest BCUT2D eigenvalue weighted by atomic mass is 9.96. The van der Waals surface area contributed by atoms with Crippen LogP contribution < -0.4 is 5.32 Å². The van der Waals surface area contributed by atoms with Crippen molar-refractivity contribution in [2.75, 3.05) is 13.1 Å². The quantitative estimate of drug-likeness (QED) is 0.745. The van der Waals surface area contributed by atoms with Crippen molar-refractivity contribution < 1.29 is 0 Å². The molecule has 0 saturated carbocycles. The maximum absolute atomic E-state index is 4.20. The van der Waals surface area contributed by atoms with Gasteiger partial charge in [0.05, 0.1) is 0 Å². The summed E-state index contributed by atoms with van der Waals surface area (Å²) < 4.78 is 0. The Labute approximate surface area is 99.5 Å². The minimum absolute atomic E-state index is 0.591. The minimum atomic E-state index is 0.591. The van der Waals surface area contributed by atoms with Gasteiger partial charge >= 0.3 is 0 Å². The van der Waals surface area contributed by atoms with E-state index in [1.165, 1.54) is 17.5 Å². The molecule has 0 aliphatic carbocycles. The van der Waals surface area contributed by atoms with Gasteiger partial charge in [0, 0.05) is 12.4 Å². The highest BCUT2D eigenvalue weighted by atomic mass is 14.8. The lowest BCUT2D eigenvalue weighted by molar-refractivity contribution is 0.524. The summed E-state index contributed by atoms with van der Waals surface area (Å²) in [5.74, 6) is 1.32. The van der Waals surface area contributed by atoms with E-state index in [0.29, 0.717) is 5.92 Å². The van der Waals surface area contributed by atoms with Crippen LogP contribution in [0.1, 0.15) is 44.2 Å². The molecule has 16 heavy (non-hydrogen) atoms.